The van der Waals surface area contributed by atoms with Gasteiger partial charge in [-0.05, 0) is 43.0 Å². The van der Waals surface area contributed by atoms with E-state index in [1.165, 1.54) is 0 Å². The van der Waals surface area contributed by atoms with Gasteiger partial charge in [0.25, 0.3) is 0 Å². The van der Waals surface area contributed by atoms with Crippen molar-refractivity contribution in [1.29, 1.82) is 0 Å². The van der Waals surface area contributed by atoms with Gasteiger partial charge in [-0.2, -0.15) is 12.6 Å². The van der Waals surface area contributed by atoms with Crippen molar-refractivity contribution in [2.75, 3.05) is 18.9 Å². The predicted octanol–water partition coefficient (Wildman–Crippen LogP) is 3.28. The molecule has 0 unspecified atom stereocenters. The van der Waals surface area contributed by atoms with Gasteiger partial charge >= 0.3 is 12.1 Å². The van der Waals surface area contributed by atoms with Gasteiger partial charge in [0, 0.05) is 11.7 Å². The molecule has 1 aliphatic rings. The highest BCUT2D eigenvalue weighted by Gasteiger charge is 2.29. The molecule has 0 fully saturated rings. The molecule has 170 valence electrons. The fourth-order valence-electron chi connectivity index (χ4n) is 3.64. The number of carbonyl (C=O) groups is 3. The van der Waals surface area contributed by atoms with E-state index in [0.29, 0.717) is 0 Å². The summed E-state index contributed by atoms with van der Waals surface area (Å²) < 4.78 is 10.6. The van der Waals surface area contributed by atoms with Gasteiger partial charge in [-0.3, -0.25) is 9.59 Å². The minimum absolute atomic E-state index is 0.0460. The smallest absolute Gasteiger partial charge is 0.407 e. The molecule has 1 atom stereocenters. The lowest BCUT2D eigenvalue weighted by molar-refractivity contribution is -0.154. The Kier molecular flexibility index (Phi) is 7.45. The van der Waals surface area contributed by atoms with Crippen LogP contribution in [-0.2, 0) is 19.1 Å². The van der Waals surface area contributed by atoms with Crippen molar-refractivity contribution in [2.45, 2.75) is 38.3 Å². The van der Waals surface area contributed by atoms with Crippen LogP contribution in [0.5, 0.6) is 0 Å². The van der Waals surface area contributed by atoms with Crippen LogP contribution in [0.4, 0.5) is 4.79 Å². The number of esters is 1. The molecule has 0 radical (unpaired) electrons. The minimum Gasteiger partial charge on any atom is -0.459 e. The summed E-state index contributed by atoms with van der Waals surface area (Å²) in [6.45, 7) is 5.05. The molecule has 0 heterocycles. The van der Waals surface area contributed by atoms with Crippen LogP contribution in [0.3, 0.4) is 0 Å². The second-order valence-corrected chi connectivity index (χ2v) is 8.87. The first-order chi connectivity index (χ1) is 15.2. The third-order valence-electron chi connectivity index (χ3n) is 4.96. The lowest BCUT2D eigenvalue weighted by atomic mass is 9.98. The van der Waals surface area contributed by atoms with Crippen LogP contribution in [0.15, 0.2) is 48.5 Å². The molecule has 2 aromatic carbocycles. The van der Waals surface area contributed by atoms with Gasteiger partial charge in [0.2, 0.25) is 5.91 Å². The summed E-state index contributed by atoms with van der Waals surface area (Å²) >= 11 is 4.13. The predicted molar refractivity (Wildman–Crippen MR) is 125 cm³/mol. The standard InChI is InChI=1S/C24H28N2O5S/c1-24(2,3)31-21(27)12-25-22(28)20(14-32)26-23(29)30-13-19-17-10-6-4-8-15(17)16-9-5-7-11-18(16)19/h4-11,19-20,32H,12-14H2,1-3H3,(H,25,28)(H,26,29)/t20-/m1/s1. The molecule has 3 rings (SSSR count). The van der Waals surface area contributed by atoms with E-state index in [4.69, 9.17) is 9.47 Å². The Labute approximate surface area is 193 Å². The second-order valence-electron chi connectivity index (χ2n) is 8.51. The molecule has 7 nitrogen and oxygen atoms in total. The first-order valence-corrected chi connectivity index (χ1v) is 11.0. The largest absolute Gasteiger partial charge is 0.459 e. The number of alkyl carbamates (subject to hydrolysis) is 1. The lowest BCUT2D eigenvalue weighted by Crippen LogP contribution is -2.49. The first kappa shape index (κ1) is 23.7. The normalized spacial score (nSPS) is 13.5. The highest BCUT2D eigenvalue weighted by molar-refractivity contribution is 7.80. The molecule has 2 aromatic rings. The van der Waals surface area contributed by atoms with Gasteiger partial charge in [0.05, 0.1) is 0 Å². The van der Waals surface area contributed by atoms with Crippen LogP contribution in [0, 0.1) is 0 Å². The van der Waals surface area contributed by atoms with E-state index in [1.807, 2.05) is 36.4 Å². The van der Waals surface area contributed by atoms with E-state index in [1.54, 1.807) is 20.8 Å². The Morgan fingerprint density at radius 3 is 2.09 bits per heavy atom. The molecule has 1 aliphatic carbocycles. The number of fused-ring (bicyclic) bond motifs is 3. The Hall–Kier alpha value is -3.00. The maximum Gasteiger partial charge on any atom is 0.407 e. The van der Waals surface area contributed by atoms with Crippen molar-refractivity contribution in [3.63, 3.8) is 0 Å². The van der Waals surface area contributed by atoms with Gasteiger partial charge < -0.3 is 20.1 Å². The molecule has 8 heteroatoms. The fourth-order valence-corrected chi connectivity index (χ4v) is 3.89. The van der Waals surface area contributed by atoms with Gasteiger partial charge in [-0.15, -0.1) is 0 Å². The maximum atomic E-state index is 12.4. The fraction of sp³-hybridized carbons (Fsp3) is 0.375. The number of hydrogen-bond donors (Lipinski definition) is 3. The molecule has 32 heavy (non-hydrogen) atoms. The molecule has 0 aliphatic heterocycles. The molecule has 0 bridgehead atoms. The van der Waals surface area contributed by atoms with E-state index >= 15 is 0 Å². The summed E-state index contributed by atoms with van der Waals surface area (Å²) in [6, 6.07) is 15.1. The average molecular weight is 457 g/mol. The van der Waals surface area contributed by atoms with Crippen molar-refractivity contribution in [1.82, 2.24) is 10.6 Å². The van der Waals surface area contributed by atoms with Crippen molar-refractivity contribution >= 4 is 30.6 Å². The van der Waals surface area contributed by atoms with Crippen LogP contribution in [0.1, 0.15) is 37.8 Å². The van der Waals surface area contributed by atoms with Gasteiger partial charge in [-0.1, -0.05) is 48.5 Å². The molecule has 0 saturated carbocycles. The number of benzene rings is 2. The molecule has 0 spiro atoms. The maximum absolute atomic E-state index is 12.4. The summed E-state index contributed by atoms with van der Waals surface area (Å²) in [5, 5.41) is 4.96. The van der Waals surface area contributed by atoms with Gasteiger partial charge in [0.15, 0.2) is 0 Å². The Morgan fingerprint density at radius 2 is 1.56 bits per heavy atom. The van der Waals surface area contributed by atoms with E-state index < -0.39 is 29.6 Å². The highest BCUT2D eigenvalue weighted by atomic mass is 32.1. The second kappa shape index (κ2) is 10.1. The van der Waals surface area contributed by atoms with Crippen molar-refractivity contribution in [2.24, 2.45) is 0 Å². The summed E-state index contributed by atoms with van der Waals surface area (Å²) in [4.78, 5) is 36.5. The summed E-state index contributed by atoms with van der Waals surface area (Å²) in [6.07, 6.45) is -0.724. The van der Waals surface area contributed by atoms with Crippen LogP contribution >= 0.6 is 12.6 Å². The number of thiol groups is 1. The minimum atomic E-state index is -0.948. The molecular formula is C24H28N2O5S. The van der Waals surface area contributed by atoms with Gasteiger partial charge in [-0.25, -0.2) is 4.79 Å². The molecule has 2 N–H and O–H groups in total. The summed E-state index contributed by atoms with van der Waals surface area (Å²) in [7, 11) is 0. The van der Waals surface area contributed by atoms with Gasteiger partial charge in [0.1, 0.15) is 24.8 Å². The highest BCUT2D eigenvalue weighted by Crippen LogP contribution is 2.44. The molecule has 2 amide bonds. The lowest BCUT2D eigenvalue weighted by Gasteiger charge is -2.21. The molecule has 0 saturated heterocycles. The quantitative estimate of drug-likeness (QED) is 0.439. The monoisotopic (exact) mass is 456 g/mol. The summed E-state index contributed by atoms with van der Waals surface area (Å²) in [5.41, 5.74) is 3.81. The van der Waals surface area contributed by atoms with E-state index in [2.05, 4.69) is 35.4 Å². The molecule has 0 aromatic heterocycles. The van der Waals surface area contributed by atoms with Crippen LogP contribution < -0.4 is 10.6 Å². The first-order valence-electron chi connectivity index (χ1n) is 10.4. The van der Waals surface area contributed by atoms with Crippen molar-refractivity contribution in [3.8, 4) is 11.1 Å². The third kappa shape index (κ3) is 5.82. The Bertz CT molecular complexity index is 956. The van der Waals surface area contributed by atoms with E-state index in [9.17, 15) is 14.4 Å². The van der Waals surface area contributed by atoms with E-state index in [0.717, 1.165) is 22.3 Å². The number of hydrogen-bond acceptors (Lipinski definition) is 6. The Morgan fingerprint density at radius 1 is 1.00 bits per heavy atom. The van der Waals surface area contributed by atoms with Crippen LogP contribution in [0.2, 0.25) is 0 Å². The summed E-state index contributed by atoms with van der Waals surface area (Å²) in [5.74, 6) is -1.14. The molecular weight excluding hydrogens is 428 g/mol. The number of nitrogens with one attached hydrogen (secondary N) is 2. The van der Waals surface area contributed by atoms with Crippen LogP contribution in [0.25, 0.3) is 11.1 Å². The Balaban J connectivity index is 1.55. The number of amides is 2. The SMILES string of the molecule is CC(C)(C)OC(=O)CNC(=O)[C@@H](CS)NC(=O)OCC1c2ccccc2-c2ccccc21. The zero-order valence-corrected chi connectivity index (χ0v) is 19.3. The van der Waals surface area contributed by atoms with Crippen LogP contribution in [-0.4, -0.2) is 48.5 Å². The number of ether oxygens (including phenoxy) is 2. The zero-order chi connectivity index (χ0) is 23.3. The van der Waals surface area contributed by atoms with Crippen molar-refractivity contribution < 1.29 is 23.9 Å². The number of carbonyl (C=O) groups excluding carboxylic acids is 3. The van der Waals surface area contributed by atoms with Crippen molar-refractivity contribution in [3.05, 3.63) is 59.7 Å². The van der Waals surface area contributed by atoms with E-state index in [-0.39, 0.29) is 24.8 Å². The number of rotatable bonds is 7. The topological polar surface area (TPSA) is 93.7 Å². The third-order valence-corrected chi connectivity index (χ3v) is 5.33. The zero-order valence-electron chi connectivity index (χ0n) is 18.4. The average Bonchev–Trinajstić information content (AvgIpc) is 3.07.